The van der Waals surface area contributed by atoms with Gasteiger partial charge in [0.15, 0.2) is 5.82 Å². The lowest BCUT2D eigenvalue weighted by atomic mass is 10.3. The lowest BCUT2D eigenvalue weighted by Gasteiger charge is -2.05. The van der Waals surface area contributed by atoms with Crippen molar-refractivity contribution in [2.24, 2.45) is 5.73 Å². The third kappa shape index (κ3) is 1.87. The van der Waals surface area contributed by atoms with Crippen molar-refractivity contribution < 1.29 is 0 Å². The summed E-state index contributed by atoms with van der Waals surface area (Å²) < 4.78 is 1.77. The lowest BCUT2D eigenvalue weighted by Crippen LogP contribution is -2.16. The molecule has 2 rings (SSSR count). The average Bonchev–Trinajstić information content (AvgIpc) is 2.65. The van der Waals surface area contributed by atoms with Crippen LogP contribution < -0.4 is 5.73 Å². The number of imidazole rings is 1. The molecule has 2 aromatic rings. The van der Waals surface area contributed by atoms with Crippen molar-refractivity contribution in [3.05, 3.63) is 42.1 Å². The van der Waals surface area contributed by atoms with Gasteiger partial charge < -0.3 is 5.73 Å². The Morgan fingerprint density at radius 2 is 2.27 bits per heavy atom. The summed E-state index contributed by atoms with van der Waals surface area (Å²) >= 11 is 4.90. The average molecular weight is 218 g/mol. The minimum absolute atomic E-state index is 0.267. The first-order chi connectivity index (χ1) is 7.18. The van der Waals surface area contributed by atoms with Crippen LogP contribution in [-0.2, 0) is 0 Å². The molecule has 0 saturated carbocycles. The highest BCUT2D eigenvalue weighted by Gasteiger charge is 2.07. The third-order valence-corrected chi connectivity index (χ3v) is 2.16. The quantitative estimate of drug-likeness (QED) is 0.770. The van der Waals surface area contributed by atoms with Gasteiger partial charge in [-0.3, -0.25) is 4.57 Å². The van der Waals surface area contributed by atoms with Gasteiger partial charge in [-0.05, 0) is 19.1 Å². The van der Waals surface area contributed by atoms with Crippen LogP contribution in [0.15, 0.2) is 30.6 Å². The Balaban J connectivity index is 2.54. The summed E-state index contributed by atoms with van der Waals surface area (Å²) in [6, 6.07) is 5.75. The summed E-state index contributed by atoms with van der Waals surface area (Å²) in [4.78, 5) is 8.71. The van der Waals surface area contributed by atoms with Crippen LogP contribution in [0.5, 0.6) is 0 Å². The van der Waals surface area contributed by atoms with Gasteiger partial charge in [-0.1, -0.05) is 18.3 Å². The lowest BCUT2D eigenvalue weighted by molar-refractivity contribution is 0.962. The summed E-state index contributed by atoms with van der Waals surface area (Å²) in [6.07, 6.45) is 3.44. The molecule has 0 aliphatic rings. The maximum absolute atomic E-state index is 5.55. The van der Waals surface area contributed by atoms with E-state index in [4.69, 9.17) is 18.0 Å². The first-order valence-electron chi connectivity index (χ1n) is 4.45. The zero-order chi connectivity index (χ0) is 10.8. The third-order valence-electron chi connectivity index (χ3n) is 1.98. The molecule has 2 N–H and O–H groups in total. The molecular formula is C10H10N4S. The molecule has 4 nitrogen and oxygen atoms in total. The van der Waals surface area contributed by atoms with Crippen LogP contribution in [0, 0.1) is 6.92 Å². The molecular weight excluding hydrogens is 208 g/mol. The van der Waals surface area contributed by atoms with Crippen LogP contribution in [0.3, 0.4) is 0 Å². The summed E-state index contributed by atoms with van der Waals surface area (Å²) in [5, 5.41) is 0. The molecule has 0 spiro atoms. The van der Waals surface area contributed by atoms with Gasteiger partial charge in [0.1, 0.15) is 10.8 Å². The van der Waals surface area contributed by atoms with Gasteiger partial charge in [-0.15, -0.1) is 0 Å². The second-order valence-corrected chi connectivity index (χ2v) is 3.56. The highest BCUT2D eigenvalue weighted by Crippen LogP contribution is 2.08. The van der Waals surface area contributed by atoms with Gasteiger partial charge in [0.2, 0.25) is 0 Å². The number of nitrogens with zero attached hydrogens (tertiary/aromatic N) is 3. The molecule has 0 atom stereocenters. The van der Waals surface area contributed by atoms with Gasteiger partial charge in [-0.2, -0.15) is 0 Å². The fraction of sp³-hybridized carbons (Fsp3) is 0.100. The van der Waals surface area contributed by atoms with Crippen molar-refractivity contribution in [3.8, 4) is 5.82 Å². The van der Waals surface area contributed by atoms with E-state index in [-0.39, 0.29) is 4.99 Å². The number of aryl methyl sites for hydroxylation is 1. The van der Waals surface area contributed by atoms with Crippen LogP contribution >= 0.6 is 12.2 Å². The van der Waals surface area contributed by atoms with Crippen molar-refractivity contribution in [2.45, 2.75) is 6.92 Å². The minimum Gasteiger partial charge on any atom is -0.387 e. The summed E-state index contributed by atoms with van der Waals surface area (Å²) in [7, 11) is 0. The standard InChI is InChI=1S/C10H10N4S/c1-7-3-2-4-8(13-7)14-6-5-12-10(14)9(11)15/h2-6H,1H3,(H2,11,15). The van der Waals surface area contributed by atoms with Gasteiger partial charge in [0.25, 0.3) is 0 Å². The Bertz CT molecular complexity index is 504. The maximum atomic E-state index is 5.55. The number of hydrogen-bond acceptors (Lipinski definition) is 3. The monoisotopic (exact) mass is 218 g/mol. The molecule has 0 aromatic carbocycles. The normalized spacial score (nSPS) is 10.2. The molecule has 2 heterocycles. The van der Waals surface area contributed by atoms with E-state index in [9.17, 15) is 0 Å². The van der Waals surface area contributed by atoms with E-state index < -0.39 is 0 Å². The molecule has 0 amide bonds. The zero-order valence-electron chi connectivity index (χ0n) is 8.21. The van der Waals surface area contributed by atoms with E-state index in [1.54, 1.807) is 17.0 Å². The van der Waals surface area contributed by atoms with E-state index in [2.05, 4.69) is 9.97 Å². The molecule has 0 saturated heterocycles. The van der Waals surface area contributed by atoms with Gasteiger partial charge >= 0.3 is 0 Å². The summed E-state index contributed by atoms with van der Waals surface area (Å²) in [6.45, 7) is 1.93. The molecule has 0 aliphatic carbocycles. The highest BCUT2D eigenvalue weighted by atomic mass is 32.1. The van der Waals surface area contributed by atoms with Crippen LogP contribution in [0.25, 0.3) is 5.82 Å². The topological polar surface area (TPSA) is 56.7 Å². The first kappa shape index (κ1) is 9.79. The summed E-state index contributed by atoms with van der Waals surface area (Å²) in [5.74, 6) is 1.33. The Hall–Kier alpha value is -1.75. The molecule has 0 aliphatic heterocycles. The fourth-order valence-electron chi connectivity index (χ4n) is 1.33. The van der Waals surface area contributed by atoms with E-state index in [0.717, 1.165) is 11.5 Å². The Labute approximate surface area is 92.8 Å². The molecule has 5 heteroatoms. The second kappa shape index (κ2) is 3.78. The van der Waals surface area contributed by atoms with Crippen LogP contribution in [0.4, 0.5) is 0 Å². The predicted octanol–water partition coefficient (Wildman–Crippen LogP) is 1.21. The van der Waals surface area contributed by atoms with Gasteiger partial charge in [0, 0.05) is 18.1 Å². The predicted molar refractivity (Wildman–Crippen MR) is 62.0 cm³/mol. The van der Waals surface area contributed by atoms with E-state index >= 15 is 0 Å². The Kier molecular flexibility index (Phi) is 2.47. The van der Waals surface area contributed by atoms with Crippen LogP contribution in [0.1, 0.15) is 11.5 Å². The first-order valence-corrected chi connectivity index (χ1v) is 4.86. The smallest absolute Gasteiger partial charge is 0.173 e. The molecule has 2 aromatic heterocycles. The number of nitrogens with two attached hydrogens (primary N) is 1. The van der Waals surface area contributed by atoms with Crippen molar-refractivity contribution in [3.63, 3.8) is 0 Å². The number of hydrogen-bond donors (Lipinski definition) is 1. The zero-order valence-corrected chi connectivity index (χ0v) is 9.03. The van der Waals surface area contributed by atoms with Gasteiger partial charge in [-0.25, -0.2) is 9.97 Å². The number of aromatic nitrogens is 3. The van der Waals surface area contributed by atoms with Crippen LogP contribution in [-0.4, -0.2) is 19.5 Å². The molecule has 0 radical (unpaired) electrons. The molecule has 0 bridgehead atoms. The SMILES string of the molecule is Cc1cccc(-n2ccnc2C(N)=S)n1. The largest absolute Gasteiger partial charge is 0.387 e. The van der Waals surface area contributed by atoms with E-state index in [1.165, 1.54) is 0 Å². The maximum Gasteiger partial charge on any atom is 0.173 e. The fourth-order valence-corrected chi connectivity index (χ4v) is 1.48. The number of rotatable bonds is 2. The Morgan fingerprint density at radius 1 is 1.47 bits per heavy atom. The Morgan fingerprint density at radius 3 is 2.93 bits per heavy atom. The van der Waals surface area contributed by atoms with E-state index in [0.29, 0.717) is 5.82 Å². The molecule has 0 fully saturated rings. The second-order valence-electron chi connectivity index (χ2n) is 3.12. The number of thiocarbonyl (C=S) groups is 1. The van der Waals surface area contributed by atoms with Crippen molar-refractivity contribution in [1.29, 1.82) is 0 Å². The molecule has 0 unspecified atom stereocenters. The van der Waals surface area contributed by atoms with Crippen molar-refractivity contribution in [1.82, 2.24) is 14.5 Å². The highest BCUT2D eigenvalue weighted by molar-refractivity contribution is 7.80. The van der Waals surface area contributed by atoms with Crippen LogP contribution in [0.2, 0.25) is 0 Å². The molecule has 15 heavy (non-hydrogen) atoms. The number of pyridine rings is 1. The van der Waals surface area contributed by atoms with Gasteiger partial charge in [0.05, 0.1) is 0 Å². The van der Waals surface area contributed by atoms with E-state index in [1.807, 2.05) is 25.1 Å². The molecule has 76 valence electrons. The van der Waals surface area contributed by atoms with Crippen molar-refractivity contribution >= 4 is 17.2 Å². The minimum atomic E-state index is 0.267. The van der Waals surface area contributed by atoms with Crippen molar-refractivity contribution in [2.75, 3.05) is 0 Å². The summed E-state index contributed by atoms with van der Waals surface area (Å²) in [5.41, 5.74) is 6.49.